The summed E-state index contributed by atoms with van der Waals surface area (Å²) in [7, 11) is 0. The van der Waals surface area contributed by atoms with E-state index in [1.807, 2.05) is 17.5 Å². The molecule has 0 spiro atoms. The van der Waals surface area contributed by atoms with Crippen LogP contribution < -0.4 is 10.6 Å². The first-order valence-electron chi connectivity index (χ1n) is 6.41. The minimum atomic E-state index is 0.0467. The maximum absolute atomic E-state index is 11.6. The van der Waals surface area contributed by atoms with Crippen molar-refractivity contribution in [3.05, 3.63) is 22.4 Å². The van der Waals surface area contributed by atoms with Gasteiger partial charge in [-0.1, -0.05) is 25.3 Å². The Bertz CT molecular complexity index is 331. The summed E-state index contributed by atoms with van der Waals surface area (Å²) in [6.07, 6.45) is 6.66. The van der Waals surface area contributed by atoms with Crippen molar-refractivity contribution in [2.75, 3.05) is 13.1 Å². The predicted molar refractivity (Wildman–Crippen MR) is 71.5 cm³/mol. The molecule has 1 aliphatic rings. The molecule has 1 aromatic rings. The van der Waals surface area contributed by atoms with Gasteiger partial charge in [0.2, 0.25) is 0 Å². The van der Waals surface area contributed by atoms with Gasteiger partial charge < -0.3 is 10.6 Å². The lowest BCUT2D eigenvalue weighted by Gasteiger charge is -2.22. The van der Waals surface area contributed by atoms with Crippen molar-refractivity contribution < 1.29 is 4.79 Å². The fourth-order valence-corrected chi connectivity index (χ4v) is 2.89. The Morgan fingerprint density at radius 3 is 2.82 bits per heavy atom. The van der Waals surface area contributed by atoms with Gasteiger partial charge >= 0.3 is 0 Å². The third-order valence-electron chi connectivity index (χ3n) is 3.19. The van der Waals surface area contributed by atoms with Crippen molar-refractivity contribution in [1.29, 1.82) is 0 Å². The van der Waals surface area contributed by atoms with E-state index in [4.69, 9.17) is 0 Å². The van der Waals surface area contributed by atoms with Gasteiger partial charge in [0.05, 0.1) is 4.88 Å². The molecule has 2 N–H and O–H groups in total. The molecule has 2 rings (SSSR count). The molecule has 4 heteroatoms. The summed E-state index contributed by atoms with van der Waals surface area (Å²) < 4.78 is 0. The SMILES string of the molecule is O=C(NCCNC1CCCCC1)c1cccs1. The molecule has 1 aromatic heterocycles. The van der Waals surface area contributed by atoms with Crippen molar-refractivity contribution in [2.45, 2.75) is 38.1 Å². The average Bonchev–Trinajstić information content (AvgIpc) is 2.89. The van der Waals surface area contributed by atoms with Crippen LogP contribution in [0, 0.1) is 0 Å². The second-order valence-electron chi connectivity index (χ2n) is 4.52. The molecule has 1 amide bonds. The van der Waals surface area contributed by atoms with Gasteiger partial charge in [-0.3, -0.25) is 4.79 Å². The first-order chi connectivity index (χ1) is 8.36. The number of hydrogen-bond donors (Lipinski definition) is 2. The fourth-order valence-electron chi connectivity index (χ4n) is 2.25. The third-order valence-corrected chi connectivity index (χ3v) is 4.06. The van der Waals surface area contributed by atoms with Crippen LogP contribution in [0.3, 0.4) is 0 Å². The topological polar surface area (TPSA) is 41.1 Å². The van der Waals surface area contributed by atoms with Crippen LogP contribution in [0.5, 0.6) is 0 Å². The molecule has 3 nitrogen and oxygen atoms in total. The van der Waals surface area contributed by atoms with Crippen molar-refractivity contribution in [3.63, 3.8) is 0 Å². The van der Waals surface area contributed by atoms with Gasteiger partial charge in [0.15, 0.2) is 0 Å². The molecule has 0 radical (unpaired) electrons. The van der Waals surface area contributed by atoms with E-state index in [1.54, 1.807) is 0 Å². The van der Waals surface area contributed by atoms with Crippen molar-refractivity contribution in [3.8, 4) is 0 Å². The number of carbonyl (C=O) groups excluding carboxylic acids is 1. The van der Waals surface area contributed by atoms with Crippen molar-refractivity contribution >= 4 is 17.2 Å². The van der Waals surface area contributed by atoms with Gasteiger partial charge in [0.25, 0.3) is 5.91 Å². The second-order valence-corrected chi connectivity index (χ2v) is 5.47. The number of amides is 1. The Kier molecular flexibility index (Phi) is 5.01. The summed E-state index contributed by atoms with van der Waals surface area (Å²) in [5.41, 5.74) is 0. The van der Waals surface area contributed by atoms with E-state index in [-0.39, 0.29) is 5.91 Å². The number of nitrogens with one attached hydrogen (secondary N) is 2. The molecule has 17 heavy (non-hydrogen) atoms. The van der Waals surface area contributed by atoms with Crippen LogP contribution in [0.25, 0.3) is 0 Å². The first-order valence-corrected chi connectivity index (χ1v) is 7.29. The van der Waals surface area contributed by atoms with Gasteiger partial charge in [-0.15, -0.1) is 11.3 Å². The Balaban J connectivity index is 1.58. The largest absolute Gasteiger partial charge is 0.350 e. The van der Waals surface area contributed by atoms with Gasteiger partial charge in [-0.05, 0) is 24.3 Å². The highest BCUT2D eigenvalue weighted by molar-refractivity contribution is 7.12. The first kappa shape index (κ1) is 12.6. The molecule has 1 fully saturated rings. The van der Waals surface area contributed by atoms with E-state index in [2.05, 4.69) is 10.6 Å². The fraction of sp³-hybridized carbons (Fsp3) is 0.615. The van der Waals surface area contributed by atoms with Crippen LogP contribution >= 0.6 is 11.3 Å². The van der Waals surface area contributed by atoms with E-state index >= 15 is 0 Å². The summed E-state index contributed by atoms with van der Waals surface area (Å²) in [5, 5.41) is 8.37. The Labute approximate surface area is 107 Å². The molecule has 0 aliphatic heterocycles. The van der Waals surface area contributed by atoms with Crippen LogP contribution in [0.2, 0.25) is 0 Å². The van der Waals surface area contributed by atoms with E-state index in [9.17, 15) is 4.79 Å². The van der Waals surface area contributed by atoms with Crippen molar-refractivity contribution in [2.24, 2.45) is 0 Å². The van der Waals surface area contributed by atoms with Crippen LogP contribution in [0.1, 0.15) is 41.8 Å². The van der Waals surface area contributed by atoms with Crippen LogP contribution in [0.4, 0.5) is 0 Å². The second kappa shape index (κ2) is 6.77. The van der Waals surface area contributed by atoms with Gasteiger partial charge in [-0.25, -0.2) is 0 Å². The predicted octanol–water partition coefficient (Wildman–Crippen LogP) is 2.40. The summed E-state index contributed by atoms with van der Waals surface area (Å²) in [5.74, 6) is 0.0467. The maximum Gasteiger partial charge on any atom is 0.261 e. The zero-order chi connectivity index (χ0) is 11.9. The van der Waals surface area contributed by atoms with Crippen LogP contribution in [-0.4, -0.2) is 25.0 Å². The molecule has 0 bridgehead atoms. The van der Waals surface area contributed by atoms with E-state index in [0.717, 1.165) is 11.4 Å². The monoisotopic (exact) mass is 252 g/mol. The maximum atomic E-state index is 11.6. The van der Waals surface area contributed by atoms with Crippen molar-refractivity contribution in [1.82, 2.24) is 10.6 Å². The molecule has 1 heterocycles. The van der Waals surface area contributed by atoms with E-state index in [0.29, 0.717) is 12.6 Å². The lowest BCUT2D eigenvalue weighted by molar-refractivity contribution is 0.0957. The molecule has 94 valence electrons. The Morgan fingerprint density at radius 2 is 2.12 bits per heavy atom. The van der Waals surface area contributed by atoms with Gasteiger partial charge in [-0.2, -0.15) is 0 Å². The highest BCUT2D eigenvalue weighted by Crippen LogP contribution is 2.16. The molecule has 0 unspecified atom stereocenters. The summed E-state index contributed by atoms with van der Waals surface area (Å²) >= 11 is 1.48. The van der Waals surface area contributed by atoms with E-state index in [1.165, 1.54) is 43.4 Å². The molecule has 1 aliphatic carbocycles. The summed E-state index contributed by atoms with van der Waals surface area (Å²) in [6, 6.07) is 4.43. The highest BCUT2D eigenvalue weighted by atomic mass is 32.1. The van der Waals surface area contributed by atoms with E-state index < -0.39 is 0 Å². The Hall–Kier alpha value is -0.870. The van der Waals surface area contributed by atoms with Crippen LogP contribution in [0.15, 0.2) is 17.5 Å². The van der Waals surface area contributed by atoms with Gasteiger partial charge in [0, 0.05) is 19.1 Å². The normalized spacial score (nSPS) is 16.9. The number of thiophene rings is 1. The molecule has 1 saturated carbocycles. The third kappa shape index (κ3) is 4.13. The minimum Gasteiger partial charge on any atom is -0.350 e. The molecule has 0 atom stereocenters. The zero-order valence-electron chi connectivity index (χ0n) is 10.1. The average molecular weight is 252 g/mol. The standard InChI is InChI=1S/C13H20N2OS/c16-13(12-7-4-10-17-12)15-9-8-14-11-5-2-1-3-6-11/h4,7,10-11,14H,1-3,5-6,8-9H2,(H,15,16). The highest BCUT2D eigenvalue weighted by Gasteiger charge is 2.12. The number of hydrogen-bond acceptors (Lipinski definition) is 3. The van der Waals surface area contributed by atoms with Gasteiger partial charge in [0.1, 0.15) is 0 Å². The summed E-state index contributed by atoms with van der Waals surface area (Å²) in [6.45, 7) is 1.59. The lowest BCUT2D eigenvalue weighted by atomic mass is 9.95. The molecule has 0 aromatic carbocycles. The lowest BCUT2D eigenvalue weighted by Crippen LogP contribution is -2.37. The smallest absolute Gasteiger partial charge is 0.261 e. The molecule has 0 saturated heterocycles. The minimum absolute atomic E-state index is 0.0467. The summed E-state index contributed by atoms with van der Waals surface area (Å²) in [4.78, 5) is 12.4. The quantitative estimate of drug-likeness (QED) is 0.790. The number of carbonyl (C=O) groups is 1. The number of rotatable bonds is 5. The molecular formula is C13H20N2OS. The molecular weight excluding hydrogens is 232 g/mol. The zero-order valence-corrected chi connectivity index (χ0v) is 10.9. The Morgan fingerprint density at radius 1 is 1.29 bits per heavy atom. The van der Waals surface area contributed by atoms with Crippen LogP contribution in [-0.2, 0) is 0 Å².